The van der Waals surface area contributed by atoms with Crippen molar-refractivity contribution in [3.05, 3.63) is 34.9 Å². The molecule has 0 radical (unpaired) electrons. The second-order valence-electron chi connectivity index (χ2n) is 5.34. The Morgan fingerprint density at radius 3 is 2.39 bits per heavy atom. The van der Waals surface area contributed by atoms with E-state index in [0.717, 1.165) is 0 Å². The first-order valence-electron chi connectivity index (χ1n) is 7.12. The van der Waals surface area contributed by atoms with E-state index in [1.165, 1.54) is 0 Å². The molecule has 0 unspecified atom stereocenters. The standard InChI is InChI=1S/C14H20BClN2O5/c1-9(2)7-13(23-15(21)22)18-12(19)8-17-14(20)10-3-5-11(16)6-4-10/h3-6,9,13,21-22H,7-8H2,1-2H3,(H,17,20)(H,18,19)/t13-/m1/s1. The minimum Gasteiger partial charge on any atom is -0.402 e. The number of carbonyl (C=O) groups is 2. The summed E-state index contributed by atoms with van der Waals surface area (Å²) in [5.41, 5.74) is 0.378. The average molecular weight is 343 g/mol. The second-order valence-corrected chi connectivity index (χ2v) is 5.77. The smallest absolute Gasteiger partial charge is 0.402 e. The Balaban J connectivity index is 2.47. The topological polar surface area (TPSA) is 108 Å². The molecule has 0 bridgehead atoms. The molecule has 0 aliphatic heterocycles. The van der Waals surface area contributed by atoms with Gasteiger partial charge < -0.3 is 25.3 Å². The Bertz CT molecular complexity index is 514. The SMILES string of the molecule is CC(C)C[C@H](NC(=O)CNC(=O)c1ccc(Cl)cc1)OB(O)O. The van der Waals surface area contributed by atoms with Gasteiger partial charge in [-0.15, -0.1) is 0 Å². The first-order valence-corrected chi connectivity index (χ1v) is 7.50. The molecule has 0 spiro atoms. The van der Waals surface area contributed by atoms with Crippen LogP contribution < -0.4 is 10.6 Å². The van der Waals surface area contributed by atoms with Crippen LogP contribution in [0.3, 0.4) is 0 Å². The van der Waals surface area contributed by atoms with Crippen LogP contribution in [0.25, 0.3) is 0 Å². The molecule has 0 heterocycles. The quantitative estimate of drug-likeness (QED) is 0.407. The summed E-state index contributed by atoms with van der Waals surface area (Å²) in [4.78, 5) is 23.7. The normalized spacial score (nSPS) is 11.9. The zero-order valence-electron chi connectivity index (χ0n) is 13.0. The fraction of sp³-hybridized carbons (Fsp3) is 0.429. The summed E-state index contributed by atoms with van der Waals surface area (Å²) in [6.45, 7) is 3.53. The fourth-order valence-corrected chi connectivity index (χ4v) is 1.94. The summed E-state index contributed by atoms with van der Waals surface area (Å²) < 4.78 is 4.79. The Morgan fingerprint density at radius 1 is 1.26 bits per heavy atom. The minimum absolute atomic E-state index is 0.169. The van der Waals surface area contributed by atoms with Gasteiger partial charge in [-0.1, -0.05) is 25.4 Å². The van der Waals surface area contributed by atoms with Gasteiger partial charge in [0.25, 0.3) is 5.91 Å². The van der Waals surface area contributed by atoms with Gasteiger partial charge in [0.05, 0.1) is 6.54 Å². The number of halogens is 1. The van der Waals surface area contributed by atoms with Gasteiger partial charge >= 0.3 is 7.32 Å². The van der Waals surface area contributed by atoms with Gasteiger partial charge in [0.2, 0.25) is 5.91 Å². The van der Waals surface area contributed by atoms with Crippen molar-refractivity contribution in [3.63, 3.8) is 0 Å². The largest absolute Gasteiger partial charge is 0.635 e. The van der Waals surface area contributed by atoms with Gasteiger partial charge in [-0.05, 0) is 36.6 Å². The molecule has 9 heteroatoms. The van der Waals surface area contributed by atoms with Gasteiger partial charge in [0, 0.05) is 10.6 Å². The number of carbonyl (C=O) groups excluding carboxylic acids is 2. The Kier molecular flexibility index (Phi) is 8.04. The molecule has 23 heavy (non-hydrogen) atoms. The number of nitrogens with one attached hydrogen (secondary N) is 2. The molecule has 0 saturated heterocycles. The van der Waals surface area contributed by atoms with Crippen molar-refractivity contribution in [2.75, 3.05) is 6.54 Å². The molecule has 4 N–H and O–H groups in total. The van der Waals surface area contributed by atoms with Gasteiger partial charge in [-0.25, -0.2) is 0 Å². The highest BCUT2D eigenvalue weighted by Crippen LogP contribution is 2.09. The van der Waals surface area contributed by atoms with Crippen molar-refractivity contribution >= 4 is 30.7 Å². The van der Waals surface area contributed by atoms with Crippen molar-refractivity contribution in [2.45, 2.75) is 26.5 Å². The lowest BCUT2D eigenvalue weighted by atomic mass is 10.1. The van der Waals surface area contributed by atoms with E-state index < -0.39 is 25.4 Å². The third kappa shape index (κ3) is 7.99. The molecule has 0 fully saturated rings. The first kappa shape index (κ1) is 19.4. The highest BCUT2D eigenvalue weighted by molar-refractivity contribution is 6.32. The second kappa shape index (κ2) is 9.52. The molecule has 0 aliphatic carbocycles. The molecule has 1 atom stereocenters. The van der Waals surface area contributed by atoms with Crippen LogP contribution in [0.2, 0.25) is 5.02 Å². The number of rotatable bonds is 8. The lowest BCUT2D eigenvalue weighted by molar-refractivity contribution is -0.123. The van der Waals surface area contributed by atoms with Gasteiger partial charge in [-0.2, -0.15) is 0 Å². The summed E-state index contributed by atoms with van der Waals surface area (Å²) >= 11 is 5.73. The molecular weight excluding hydrogens is 322 g/mol. The van der Waals surface area contributed by atoms with Crippen LogP contribution in [-0.2, 0) is 9.45 Å². The van der Waals surface area contributed by atoms with E-state index in [-0.39, 0.29) is 12.5 Å². The van der Waals surface area contributed by atoms with E-state index >= 15 is 0 Å². The van der Waals surface area contributed by atoms with Crippen LogP contribution in [0.5, 0.6) is 0 Å². The van der Waals surface area contributed by atoms with Crippen LogP contribution in [0, 0.1) is 5.92 Å². The number of hydrogen-bond donors (Lipinski definition) is 4. The van der Waals surface area contributed by atoms with E-state index in [4.69, 9.17) is 26.3 Å². The average Bonchev–Trinajstić information content (AvgIpc) is 2.44. The summed E-state index contributed by atoms with van der Waals surface area (Å²) in [6, 6.07) is 6.24. The monoisotopic (exact) mass is 342 g/mol. The van der Waals surface area contributed by atoms with Crippen molar-refractivity contribution in [1.82, 2.24) is 10.6 Å². The molecule has 0 aromatic heterocycles. The van der Waals surface area contributed by atoms with Gasteiger partial charge in [-0.3, -0.25) is 9.59 Å². The van der Waals surface area contributed by atoms with E-state index in [9.17, 15) is 9.59 Å². The maximum absolute atomic E-state index is 11.9. The maximum Gasteiger partial charge on any atom is 0.635 e. The number of amides is 2. The lowest BCUT2D eigenvalue weighted by Crippen LogP contribution is -2.45. The van der Waals surface area contributed by atoms with Gasteiger partial charge in [0.1, 0.15) is 6.23 Å². The molecule has 126 valence electrons. The summed E-state index contributed by atoms with van der Waals surface area (Å²) in [7, 11) is -1.98. The maximum atomic E-state index is 11.9. The molecule has 1 aromatic rings. The summed E-state index contributed by atoms with van der Waals surface area (Å²) in [5, 5.41) is 23.1. The zero-order valence-corrected chi connectivity index (χ0v) is 13.7. The number of hydrogen-bond acceptors (Lipinski definition) is 5. The van der Waals surface area contributed by atoms with Crippen LogP contribution in [0.15, 0.2) is 24.3 Å². The fourth-order valence-electron chi connectivity index (χ4n) is 1.82. The predicted octanol–water partition coefficient (Wildman–Crippen LogP) is 0.544. The third-order valence-electron chi connectivity index (χ3n) is 2.81. The van der Waals surface area contributed by atoms with Crippen molar-refractivity contribution < 1.29 is 24.3 Å². The van der Waals surface area contributed by atoms with E-state index in [1.54, 1.807) is 24.3 Å². The van der Waals surface area contributed by atoms with Crippen molar-refractivity contribution in [1.29, 1.82) is 0 Å². The van der Waals surface area contributed by atoms with Crippen LogP contribution in [0.1, 0.15) is 30.6 Å². The molecular formula is C14H20BClN2O5. The third-order valence-corrected chi connectivity index (χ3v) is 3.06. The molecule has 7 nitrogen and oxygen atoms in total. The molecule has 1 aromatic carbocycles. The van der Waals surface area contributed by atoms with Crippen molar-refractivity contribution in [2.24, 2.45) is 5.92 Å². The zero-order chi connectivity index (χ0) is 17.4. The van der Waals surface area contributed by atoms with E-state index in [0.29, 0.717) is 17.0 Å². The summed E-state index contributed by atoms with van der Waals surface area (Å²) in [6.07, 6.45) is -0.455. The molecule has 0 saturated carbocycles. The Labute approximate surface area is 140 Å². The predicted molar refractivity (Wildman–Crippen MR) is 86.4 cm³/mol. The molecule has 1 rings (SSSR count). The molecule has 0 aliphatic rings. The minimum atomic E-state index is -1.98. The van der Waals surface area contributed by atoms with Gasteiger partial charge in [0.15, 0.2) is 0 Å². The van der Waals surface area contributed by atoms with Crippen LogP contribution in [0.4, 0.5) is 0 Å². The molecule has 2 amide bonds. The first-order chi connectivity index (χ1) is 10.8. The lowest BCUT2D eigenvalue weighted by Gasteiger charge is -2.21. The highest BCUT2D eigenvalue weighted by atomic mass is 35.5. The Morgan fingerprint density at radius 2 is 1.87 bits per heavy atom. The highest BCUT2D eigenvalue weighted by Gasteiger charge is 2.21. The van der Waals surface area contributed by atoms with Crippen LogP contribution >= 0.6 is 11.6 Å². The van der Waals surface area contributed by atoms with Crippen LogP contribution in [-0.4, -0.2) is 42.0 Å². The van der Waals surface area contributed by atoms with Crippen molar-refractivity contribution in [3.8, 4) is 0 Å². The summed E-state index contributed by atoms with van der Waals surface area (Å²) in [5.74, 6) is -0.748. The van der Waals surface area contributed by atoms with E-state index in [2.05, 4.69) is 10.6 Å². The van der Waals surface area contributed by atoms with E-state index in [1.807, 2.05) is 13.8 Å². The Hall–Kier alpha value is -1.61. The number of benzene rings is 1.